The lowest BCUT2D eigenvalue weighted by Gasteiger charge is -2.24. The number of carbonyl (C=O) groups excluding carboxylic acids is 1. The number of ether oxygens (including phenoxy) is 1. The standard InChI is InChI=1S/C21H23BrFN3O2/c1-2-11-25-19(27)13-28-21(25)18-12-26(17-9-5-15(22)6-10-17)24-20(18)14-3-7-16(23)8-4-14/h3,5-9,12,14,17,21H,2,4,10-11,13H2,1H3. The Kier molecular flexibility index (Phi) is 5.64. The summed E-state index contributed by atoms with van der Waals surface area (Å²) in [6.07, 6.45) is 14.9. The van der Waals surface area contributed by atoms with Crippen molar-refractivity contribution < 1.29 is 13.9 Å². The summed E-state index contributed by atoms with van der Waals surface area (Å²) in [5.41, 5.74) is 1.74. The van der Waals surface area contributed by atoms with Gasteiger partial charge < -0.3 is 9.64 Å². The van der Waals surface area contributed by atoms with E-state index < -0.39 is 6.23 Å². The fraction of sp³-hybridized carbons (Fsp3) is 0.429. The zero-order valence-electron chi connectivity index (χ0n) is 15.7. The molecule has 3 unspecified atom stereocenters. The summed E-state index contributed by atoms with van der Waals surface area (Å²) >= 11 is 3.49. The van der Waals surface area contributed by atoms with E-state index in [-0.39, 0.29) is 30.3 Å². The number of amides is 1. The van der Waals surface area contributed by atoms with Crippen molar-refractivity contribution in [2.24, 2.45) is 0 Å². The van der Waals surface area contributed by atoms with Gasteiger partial charge in [-0.1, -0.05) is 47.2 Å². The van der Waals surface area contributed by atoms with Gasteiger partial charge >= 0.3 is 0 Å². The minimum Gasteiger partial charge on any atom is -0.344 e. The van der Waals surface area contributed by atoms with Crippen LogP contribution in [0, 0.1) is 0 Å². The number of nitrogens with zero attached hydrogens (tertiary/aromatic N) is 3. The Morgan fingerprint density at radius 2 is 2.14 bits per heavy atom. The van der Waals surface area contributed by atoms with Crippen molar-refractivity contribution in [3.8, 4) is 0 Å². The minimum absolute atomic E-state index is 0.0000951. The Morgan fingerprint density at radius 1 is 1.29 bits per heavy atom. The molecule has 7 heteroatoms. The number of aromatic nitrogens is 2. The highest BCUT2D eigenvalue weighted by atomic mass is 79.9. The molecule has 0 saturated carbocycles. The van der Waals surface area contributed by atoms with Gasteiger partial charge in [0.1, 0.15) is 12.4 Å². The second kappa shape index (κ2) is 8.17. The van der Waals surface area contributed by atoms with Gasteiger partial charge in [0.05, 0.1) is 11.7 Å². The van der Waals surface area contributed by atoms with Crippen molar-refractivity contribution in [1.82, 2.24) is 14.7 Å². The van der Waals surface area contributed by atoms with Crippen molar-refractivity contribution in [2.75, 3.05) is 13.2 Å². The van der Waals surface area contributed by atoms with Crippen molar-refractivity contribution in [3.05, 3.63) is 64.2 Å². The van der Waals surface area contributed by atoms with Crippen LogP contribution in [0.5, 0.6) is 0 Å². The van der Waals surface area contributed by atoms with E-state index in [2.05, 4.69) is 28.1 Å². The minimum atomic E-state index is -0.435. The normalized spacial score (nSPS) is 27.3. The molecule has 1 saturated heterocycles. The Morgan fingerprint density at radius 3 is 2.82 bits per heavy atom. The average molecular weight is 448 g/mol. The summed E-state index contributed by atoms with van der Waals surface area (Å²) in [6, 6.07) is 0.102. The van der Waals surface area contributed by atoms with Gasteiger partial charge in [0.25, 0.3) is 5.91 Å². The summed E-state index contributed by atoms with van der Waals surface area (Å²) in [6.45, 7) is 2.77. The van der Waals surface area contributed by atoms with Gasteiger partial charge in [-0.3, -0.25) is 9.48 Å². The van der Waals surface area contributed by atoms with E-state index in [4.69, 9.17) is 9.84 Å². The van der Waals surface area contributed by atoms with Gasteiger partial charge in [-0.25, -0.2) is 4.39 Å². The number of hydrogen-bond acceptors (Lipinski definition) is 3. The molecule has 0 radical (unpaired) electrons. The molecule has 0 spiro atoms. The molecule has 1 aromatic rings. The summed E-state index contributed by atoms with van der Waals surface area (Å²) in [7, 11) is 0. The summed E-state index contributed by atoms with van der Waals surface area (Å²) < 4.78 is 22.3. The number of carbonyl (C=O) groups is 1. The molecule has 28 heavy (non-hydrogen) atoms. The largest absolute Gasteiger partial charge is 0.344 e. The Bertz CT molecular complexity index is 886. The number of hydrogen-bond donors (Lipinski definition) is 0. The molecule has 1 amide bonds. The molecular weight excluding hydrogens is 425 g/mol. The monoisotopic (exact) mass is 447 g/mol. The predicted octanol–water partition coefficient (Wildman–Crippen LogP) is 4.83. The van der Waals surface area contributed by atoms with Crippen molar-refractivity contribution in [3.63, 3.8) is 0 Å². The molecule has 148 valence electrons. The Hall–Kier alpha value is -1.99. The number of rotatable bonds is 5. The van der Waals surface area contributed by atoms with Gasteiger partial charge in [-0.15, -0.1) is 0 Å². The maximum absolute atomic E-state index is 13.5. The second-order valence-corrected chi connectivity index (χ2v) is 8.16. The summed E-state index contributed by atoms with van der Waals surface area (Å²) in [5.74, 6) is -0.254. The van der Waals surface area contributed by atoms with Gasteiger partial charge in [-0.2, -0.15) is 5.10 Å². The van der Waals surface area contributed by atoms with Gasteiger partial charge in [0, 0.05) is 28.7 Å². The van der Waals surface area contributed by atoms with Crippen LogP contribution < -0.4 is 0 Å². The number of allylic oxidation sites excluding steroid dienone is 8. The molecule has 1 aliphatic heterocycles. The van der Waals surface area contributed by atoms with E-state index in [1.54, 1.807) is 11.0 Å². The maximum Gasteiger partial charge on any atom is 0.250 e. The fourth-order valence-electron chi connectivity index (χ4n) is 3.84. The highest BCUT2D eigenvalue weighted by Gasteiger charge is 2.37. The van der Waals surface area contributed by atoms with Crippen LogP contribution in [0.1, 0.15) is 55.6 Å². The fourth-order valence-corrected chi connectivity index (χ4v) is 4.18. The molecule has 2 heterocycles. The first-order valence-electron chi connectivity index (χ1n) is 9.64. The van der Waals surface area contributed by atoms with E-state index in [9.17, 15) is 9.18 Å². The third-order valence-electron chi connectivity index (χ3n) is 5.27. The predicted molar refractivity (Wildman–Crippen MR) is 108 cm³/mol. The molecule has 1 aromatic heterocycles. The van der Waals surface area contributed by atoms with Crippen LogP contribution in [0.2, 0.25) is 0 Å². The van der Waals surface area contributed by atoms with E-state index in [0.717, 1.165) is 28.6 Å². The zero-order valence-corrected chi connectivity index (χ0v) is 17.3. The number of halogens is 2. The molecular formula is C21H23BrFN3O2. The lowest BCUT2D eigenvalue weighted by Crippen LogP contribution is -2.29. The highest BCUT2D eigenvalue weighted by Crippen LogP contribution is 2.37. The SMILES string of the molecule is CCCN1C(=O)COC1c1cn(C2C=CC(Br)=CC2)nc1C1C=CC(F)=CC1. The third-order valence-corrected chi connectivity index (χ3v) is 5.85. The Labute approximate surface area is 172 Å². The lowest BCUT2D eigenvalue weighted by molar-refractivity contribution is -0.128. The van der Waals surface area contributed by atoms with E-state index in [0.29, 0.717) is 13.0 Å². The van der Waals surface area contributed by atoms with Crippen LogP contribution in [0.25, 0.3) is 0 Å². The topological polar surface area (TPSA) is 47.4 Å². The third kappa shape index (κ3) is 3.78. The molecule has 0 bridgehead atoms. The van der Waals surface area contributed by atoms with E-state index in [1.807, 2.05) is 30.0 Å². The van der Waals surface area contributed by atoms with Crippen molar-refractivity contribution in [2.45, 2.75) is 44.4 Å². The van der Waals surface area contributed by atoms with Crippen LogP contribution in [-0.4, -0.2) is 33.7 Å². The first kappa shape index (κ1) is 19.3. The van der Waals surface area contributed by atoms with Gasteiger partial charge in [0.15, 0.2) is 6.23 Å². The second-order valence-electron chi connectivity index (χ2n) is 7.24. The van der Waals surface area contributed by atoms with Gasteiger partial charge in [0.2, 0.25) is 0 Å². The quantitative estimate of drug-likeness (QED) is 0.649. The molecule has 0 N–H and O–H groups in total. The highest BCUT2D eigenvalue weighted by molar-refractivity contribution is 9.11. The molecule has 5 nitrogen and oxygen atoms in total. The van der Waals surface area contributed by atoms with Crippen LogP contribution >= 0.6 is 15.9 Å². The van der Waals surface area contributed by atoms with Crippen molar-refractivity contribution in [1.29, 1.82) is 0 Å². The molecule has 1 fully saturated rings. The average Bonchev–Trinajstić information content (AvgIpc) is 3.28. The summed E-state index contributed by atoms with van der Waals surface area (Å²) in [4.78, 5) is 14.1. The van der Waals surface area contributed by atoms with E-state index in [1.165, 1.54) is 6.08 Å². The maximum atomic E-state index is 13.5. The smallest absolute Gasteiger partial charge is 0.250 e. The first-order valence-corrected chi connectivity index (χ1v) is 10.4. The zero-order chi connectivity index (χ0) is 19.7. The summed E-state index contributed by atoms with van der Waals surface area (Å²) in [5, 5.41) is 4.87. The lowest BCUT2D eigenvalue weighted by atomic mass is 9.94. The molecule has 0 aromatic carbocycles. The molecule has 3 aliphatic rings. The first-order chi connectivity index (χ1) is 13.6. The van der Waals surface area contributed by atoms with Gasteiger partial charge in [-0.05, 0) is 31.4 Å². The van der Waals surface area contributed by atoms with Crippen LogP contribution in [0.15, 0.2) is 53.0 Å². The Balaban J connectivity index is 1.70. The molecule has 3 atom stereocenters. The van der Waals surface area contributed by atoms with Crippen LogP contribution in [0.3, 0.4) is 0 Å². The molecule has 4 rings (SSSR count). The van der Waals surface area contributed by atoms with Crippen LogP contribution in [-0.2, 0) is 9.53 Å². The van der Waals surface area contributed by atoms with E-state index >= 15 is 0 Å². The molecule has 2 aliphatic carbocycles. The van der Waals surface area contributed by atoms with Crippen molar-refractivity contribution >= 4 is 21.8 Å². The van der Waals surface area contributed by atoms with Crippen LogP contribution in [0.4, 0.5) is 4.39 Å².